The van der Waals surface area contributed by atoms with E-state index in [0.29, 0.717) is 5.92 Å². The van der Waals surface area contributed by atoms with Crippen LogP contribution in [0.25, 0.3) is 0 Å². The lowest BCUT2D eigenvalue weighted by Crippen LogP contribution is -2.36. The Labute approximate surface area is 115 Å². The Balaban J connectivity index is 2.22. The molecule has 0 aromatic carbocycles. The number of ether oxygens (including phenoxy) is 1. The van der Waals surface area contributed by atoms with Gasteiger partial charge in [0.1, 0.15) is 11.9 Å². The molecule has 0 spiro atoms. The Morgan fingerprint density at radius 3 is 2.89 bits per heavy atom. The third kappa shape index (κ3) is 3.88. The van der Waals surface area contributed by atoms with Gasteiger partial charge in [0, 0.05) is 31.9 Å². The normalized spacial score (nSPS) is 20.8. The minimum absolute atomic E-state index is 0.0158. The van der Waals surface area contributed by atoms with Gasteiger partial charge in [0.15, 0.2) is 5.82 Å². The number of hydrogen-bond donors (Lipinski definition) is 1. The average molecular weight is 264 g/mol. The van der Waals surface area contributed by atoms with Crippen molar-refractivity contribution in [2.45, 2.75) is 26.4 Å². The van der Waals surface area contributed by atoms with Crippen molar-refractivity contribution in [1.82, 2.24) is 14.9 Å². The number of hydrogen-bond acceptors (Lipinski definition) is 5. The fourth-order valence-corrected chi connectivity index (χ4v) is 2.25. The fraction of sp³-hybridized carbons (Fsp3) is 0.714. The molecule has 1 aromatic heterocycles. The molecule has 0 saturated carbocycles. The molecule has 2 heterocycles. The predicted octanol–water partition coefficient (Wildman–Crippen LogP) is 1.72. The van der Waals surface area contributed by atoms with E-state index in [9.17, 15) is 0 Å². The predicted molar refractivity (Wildman–Crippen MR) is 76.3 cm³/mol. The van der Waals surface area contributed by atoms with Gasteiger partial charge in [-0.2, -0.15) is 0 Å². The van der Waals surface area contributed by atoms with Crippen molar-refractivity contribution in [1.29, 1.82) is 0 Å². The summed E-state index contributed by atoms with van der Waals surface area (Å²) in [6, 6.07) is 2.02. The number of morpholine rings is 1. The van der Waals surface area contributed by atoms with Crippen molar-refractivity contribution in [3.05, 3.63) is 17.6 Å². The minimum Gasteiger partial charge on any atom is -0.373 e. The second-order valence-corrected chi connectivity index (χ2v) is 5.57. The summed E-state index contributed by atoms with van der Waals surface area (Å²) in [5.74, 6) is 2.26. The van der Waals surface area contributed by atoms with Gasteiger partial charge in [-0.05, 0) is 19.4 Å². The van der Waals surface area contributed by atoms with E-state index < -0.39 is 0 Å². The maximum atomic E-state index is 5.80. The molecule has 0 amide bonds. The number of likely N-dealkylation sites (N-methyl/N-ethyl adjacent to an activating group) is 1. The van der Waals surface area contributed by atoms with Crippen molar-refractivity contribution < 1.29 is 4.74 Å². The number of nitrogens with one attached hydrogen (secondary N) is 1. The van der Waals surface area contributed by atoms with Gasteiger partial charge in [-0.25, -0.2) is 9.97 Å². The van der Waals surface area contributed by atoms with Crippen molar-refractivity contribution in [2.24, 2.45) is 5.92 Å². The molecule has 1 N–H and O–H groups in total. The molecule has 0 aliphatic carbocycles. The van der Waals surface area contributed by atoms with Crippen molar-refractivity contribution in [3.8, 4) is 0 Å². The van der Waals surface area contributed by atoms with Gasteiger partial charge < -0.3 is 15.0 Å². The van der Waals surface area contributed by atoms with Crippen molar-refractivity contribution >= 4 is 5.82 Å². The molecule has 1 aliphatic heterocycles. The Hall–Kier alpha value is -1.20. The molecule has 0 radical (unpaired) electrons. The van der Waals surface area contributed by atoms with Crippen LogP contribution in [0.1, 0.15) is 31.5 Å². The molecule has 2 rings (SSSR count). The molecular formula is C14H24N4O. The smallest absolute Gasteiger partial charge is 0.161 e. The fourth-order valence-electron chi connectivity index (χ4n) is 2.25. The van der Waals surface area contributed by atoms with Crippen molar-refractivity contribution in [2.75, 3.05) is 39.1 Å². The van der Waals surface area contributed by atoms with Gasteiger partial charge in [0.05, 0.1) is 6.61 Å². The van der Waals surface area contributed by atoms with E-state index in [-0.39, 0.29) is 6.10 Å². The van der Waals surface area contributed by atoms with Crippen LogP contribution in [-0.2, 0) is 11.2 Å². The highest BCUT2D eigenvalue weighted by Crippen LogP contribution is 2.21. The molecule has 1 aliphatic rings. The van der Waals surface area contributed by atoms with E-state index in [1.165, 1.54) is 0 Å². The van der Waals surface area contributed by atoms with Crippen LogP contribution < -0.4 is 5.32 Å². The van der Waals surface area contributed by atoms with Crippen LogP contribution in [-0.4, -0.2) is 48.7 Å². The molecular weight excluding hydrogens is 240 g/mol. The van der Waals surface area contributed by atoms with Crippen LogP contribution in [0.3, 0.4) is 0 Å². The van der Waals surface area contributed by atoms with Crippen LogP contribution in [0.2, 0.25) is 0 Å². The quantitative estimate of drug-likeness (QED) is 0.897. The molecule has 1 atom stereocenters. The SMILES string of the molecule is CNc1cc(CC(C)C)nc(C2CN(C)CCO2)n1. The Bertz CT molecular complexity index is 422. The molecule has 106 valence electrons. The first-order valence-electron chi connectivity index (χ1n) is 6.94. The lowest BCUT2D eigenvalue weighted by atomic mass is 10.1. The van der Waals surface area contributed by atoms with Crippen LogP contribution in [0.15, 0.2) is 6.07 Å². The largest absolute Gasteiger partial charge is 0.373 e. The van der Waals surface area contributed by atoms with Crippen LogP contribution >= 0.6 is 0 Å². The van der Waals surface area contributed by atoms with Crippen LogP contribution in [0, 0.1) is 5.92 Å². The molecule has 0 bridgehead atoms. The second-order valence-electron chi connectivity index (χ2n) is 5.57. The zero-order valence-electron chi connectivity index (χ0n) is 12.3. The molecule has 5 heteroatoms. The summed E-state index contributed by atoms with van der Waals surface area (Å²) in [7, 11) is 3.99. The standard InChI is InChI=1S/C14H24N4O/c1-10(2)7-11-8-13(15-3)17-14(16-11)12-9-18(4)5-6-19-12/h8,10,12H,5-7,9H2,1-4H3,(H,15,16,17). The molecule has 1 fully saturated rings. The van der Waals surface area contributed by atoms with Crippen LogP contribution in [0.4, 0.5) is 5.82 Å². The summed E-state index contributed by atoms with van der Waals surface area (Å²) in [6.45, 7) is 6.97. The summed E-state index contributed by atoms with van der Waals surface area (Å²) >= 11 is 0. The van der Waals surface area contributed by atoms with Crippen molar-refractivity contribution in [3.63, 3.8) is 0 Å². The van der Waals surface area contributed by atoms with Gasteiger partial charge in [0.2, 0.25) is 0 Å². The van der Waals surface area contributed by atoms with E-state index in [4.69, 9.17) is 4.74 Å². The zero-order valence-corrected chi connectivity index (χ0v) is 12.3. The van der Waals surface area contributed by atoms with Gasteiger partial charge in [-0.1, -0.05) is 13.8 Å². The zero-order chi connectivity index (χ0) is 13.8. The molecule has 5 nitrogen and oxygen atoms in total. The summed E-state index contributed by atoms with van der Waals surface area (Å²) < 4.78 is 5.80. The van der Waals surface area contributed by atoms with E-state index in [1.807, 2.05) is 13.1 Å². The van der Waals surface area contributed by atoms with Crippen LogP contribution in [0.5, 0.6) is 0 Å². The highest BCUT2D eigenvalue weighted by atomic mass is 16.5. The second kappa shape index (κ2) is 6.30. The summed E-state index contributed by atoms with van der Waals surface area (Å²) in [4.78, 5) is 11.5. The first-order chi connectivity index (χ1) is 9.08. The number of rotatable bonds is 4. The maximum Gasteiger partial charge on any atom is 0.161 e. The Morgan fingerprint density at radius 2 is 2.26 bits per heavy atom. The average Bonchev–Trinajstić information content (AvgIpc) is 2.37. The lowest BCUT2D eigenvalue weighted by molar-refractivity contribution is -0.0255. The first-order valence-corrected chi connectivity index (χ1v) is 6.94. The maximum absolute atomic E-state index is 5.80. The molecule has 1 saturated heterocycles. The van der Waals surface area contributed by atoms with E-state index >= 15 is 0 Å². The highest BCUT2D eigenvalue weighted by molar-refractivity contribution is 5.35. The summed E-state index contributed by atoms with van der Waals surface area (Å²) in [6.07, 6.45) is 0.949. The minimum atomic E-state index is -0.0158. The highest BCUT2D eigenvalue weighted by Gasteiger charge is 2.23. The lowest BCUT2D eigenvalue weighted by Gasteiger charge is -2.29. The molecule has 19 heavy (non-hydrogen) atoms. The molecule has 1 aromatic rings. The van der Waals surface area contributed by atoms with Gasteiger partial charge in [0.25, 0.3) is 0 Å². The topological polar surface area (TPSA) is 50.3 Å². The van der Waals surface area contributed by atoms with E-state index in [0.717, 1.165) is 43.5 Å². The third-order valence-corrected chi connectivity index (χ3v) is 3.23. The summed E-state index contributed by atoms with van der Waals surface area (Å²) in [5, 5.41) is 3.11. The van der Waals surface area contributed by atoms with Gasteiger partial charge in [-0.15, -0.1) is 0 Å². The van der Waals surface area contributed by atoms with Gasteiger partial charge in [-0.3, -0.25) is 0 Å². The first kappa shape index (κ1) is 14.2. The Morgan fingerprint density at radius 1 is 1.47 bits per heavy atom. The monoisotopic (exact) mass is 264 g/mol. The summed E-state index contributed by atoms with van der Waals surface area (Å²) in [5.41, 5.74) is 1.08. The number of anilines is 1. The Kier molecular flexibility index (Phi) is 4.71. The van der Waals surface area contributed by atoms with E-state index in [2.05, 4.69) is 41.1 Å². The van der Waals surface area contributed by atoms with E-state index in [1.54, 1.807) is 0 Å². The molecule has 1 unspecified atom stereocenters. The third-order valence-electron chi connectivity index (χ3n) is 3.23. The number of aromatic nitrogens is 2. The number of nitrogens with zero attached hydrogens (tertiary/aromatic N) is 3. The van der Waals surface area contributed by atoms with Gasteiger partial charge >= 0.3 is 0 Å².